The van der Waals surface area contributed by atoms with Crippen molar-refractivity contribution in [1.29, 1.82) is 0 Å². The molecule has 0 aliphatic carbocycles. The molecular weight excluding hydrogens is 322 g/mol. The molecule has 0 bridgehead atoms. The Labute approximate surface area is 128 Å². The summed E-state index contributed by atoms with van der Waals surface area (Å²) in [7, 11) is 0. The molecule has 4 nitrogen and oxygen atoms in total. The second kappa shape index (κ2) is 6.57. The average Bonchev–Trinajstić information content (AvgIpc) is 2.26. The summed E-state index contributed by atoms with van der Waals surface area (Å²) < 4.78 is 5.56. The number of hydrogen-bond donors (Lipinski definition) is 0. The second-order valence-corrected chi connectivity index (χ2v) is 7.37. The number of rotatable bonds is 5. The van der Waals surface area contributed by atoms with Crippen molar-refractivity contribution in [1.82, 2.24) is 0 Å². The van der Waals surface area contributed by atoms with E-state index >= 15 is 0 Å². The molecule has 0 aromatic heterocycles. The van der Waals surface area contributed by atoms with Gasteiger partial charge in [-0.25, -0.2) is 0 Å². The van der Waals surface area contributed by atoms with E-state index in [0.717, 1.165) is 12.0 Å². The number of ether oxygens (including phenoxy) is 1. The minimum Gasteiger partial charge on any atom is -0.484 e. The summed E-state index contributed by atoms with van der Waals surface area (Å²) in [5.41, 5.74) is 1.17. The molecule has 0 fully saturated rings. The third-order valence-corrected chi connectivity index (χ3v) is 4.64. The Bertz CT molecular complexity index is 480. The highest BCUT2D eigenvalue weighted by Crippen LogP contribution is 2.33. The molecule has 0 saturated heterocycles. The first-order valence-electron chi connectivity index (χ1n) is 6.69. The van der Waals surface area contributed by atoms with Gasteiger partial charge in [-0.2, -0.15) is 0 Å². The molecule has 0 saturated carbocycles. The van der Waals surface area contributed by atoms with Gasteiger partial charge in [0.15, 0.2) is 5.75 Å². The van der Waals surface area contributed by atoms with Crippen molar-refractivity contribution in [3.63, 3.8) is 0 Å². The molecule has 0 radical (unpaired) electrons. The first-order valence-corrected chi connectivity index (χ1v) is 7.61. The molecule has 5 heteroatoms. The Morgan fingerprint density at radius 2 is 1.95 bits per heavy atom. The van der Waals surface area contributed by atoms with Crippen LogP contribution in [0.25, 0.3) is 0 Å². The number of halogens is 1. The summed E-state index contributed by atoms with van der Waals surface area (Å²) >= 11 is 3.68. The maximum atomic E-state index is 11.0. The van der Waals surface area contributed by atoms with Gasteiger partial charge in [-0.05, 0) is 37.3 Å². The molecule has 1 unspecified atom stereocenters. The van der Waals surface area contributed by atoms with E-state index in [-0.39, 0.29) is 17.2 Å². The van der Waals surface area contributed by atoms with Gasteiger partial charge >= 0.3 is 5.69 Å². The van der Waals surface area contributed by atoms with Crippen LogP contribution < -0.4 is 4.74 Å². The molecule has 1 atom stereocenters. The van der Waals surface area contributed by atoms with Gasteiger partial charge < -0.3 is 4.74 Å². The summed E-state index contributed by atoms with van der Waals surface area (Å²) in [6.45, 7) is 10.2. The highest BCUT2D eigenvalue weighted by molar-refractivity contribution is 9.09. The fourth-order valence-electron chi connectivity index (χ4n) is 1.70. The van der Waals surface area contributed by atoms with E-state index in [1.54, 1.807) is 12.1 Å². The van der Waals surface area contributed by atoms with Gasteiger partial charge in [-0.1, -0.05) is 42.8 Å². The minimum absolute atomic E-state index is 0.0179. The Morgan fingerprint density at radius 3 is 2.40 bits per heavy atom. The van der Waals surface area contributed by atoms with Crippen LogP contribution in [0.4, 0.5) is 5.69 Å². The zero-order valence-corrected chi connectivity index (χ0v) is 14.2. The lowest BCUT2D eigenvalue weighted by atomic mass is 9.88. The van der Waals surface area contributed by atoms with Crippen LogP contribution in [0, 0.1) is 15.5 Å². The van der Waals surface area contributed by atoms with Crippen LogP contribution in [0.15, 0.2) is 18.2 Å². The van der Waals surface area contributed by atoms with Crippen molar-refractivity contribution >= 4 is 21.6 Å². The molecule has 1 aromatic carbocycles. The maximum absolute atomic E-state index is 11.0. The van der Waals surface area contributed by atoms with Crippen molar-refractivity contribution in [3.05, 3.63) is 33.9 Å². The number of alkyl halides is 1. The fourth-order valence-corrected chi connectivity index (χ4v) is 2.07. The monoisotopic (exact) mass is 343 g/mol. The molecule has 1 rings (SSSR count). The van der Waals surface area contributed by atoms with Crippen LogP contribution in [-0.2, 0) is 6.42 Å². The zero-order valence-electron chi connectivity index (χ0n) is 12.6. The van der Waals surface area contributed by atoms with Crippen molar-refractivity contribution in [3.8, 4) is 5.75 Å². The lowest BCUT2D eigenvalue weighted by Crippen LogP contribution is -2.22. The Kier molecular flexibility index (Phi) is 5.57. The van der Waals surface area contributed by atoms with Crippen LogP contribution in [0.5, 0.6) is 5.75 Å². The predicted octanol–water partition coefficient (Wildman–Crippen LogP) is 4.73. The normalized spacial score (nSPS) is 13.3. The SMILES string of the molecule is CC(C)Oc1cc(CC(Br)C(C)(C)C)ccc1[N+](=O)[O-]. The molecular formula is C15H22BrNO3. The van der Waals surface area contributed by atoms with E-state index in [1.807, 2.05) is 13.8 Å². The van der Waals surface area contributed by atoms with Gasteiger partial charge in [0.25, 0.3) is 0 Å². The van der Waals surface area contributed by atoms with Crippen molar-refractivity contribution in [2.45, 2.75) is 52.0 Å². The van der Waals surface area contributed by atoms with Crippen LogP contribution in [-0.4, -0.2) is 15.9 Å². The molecule has 20 heavy (non-hydrogen) atoms. The third kappa shape index (κ3) is 4.78. The van der Waals surface area contributed by atoms with Gasteiger partial charge in [0.1, 0.15) is 0 Å². The van der Waals surface area contributed by atoms with Crippen molar-refractivity contribution in [2.24, 2.45) is 5.41 Å². The average molecular weight is 344 g/mol. The van der Waals surface area contributed by atoms with Crippen molar-refractivity contribution < 1.29 is 9.66 Å². The first kappa shape index (κ1) is 17.0. The van der Waals surface area contributed by atoms with E-state index in [9.17, 15) is 10.1 Å². The van der Waals surface area contributed by atoms with E-state index in [2.05, 4.69) is 36.7 Å². The molecule has 0 heterocycles. The van der Waals surface area contributed by atoms with Gasteiger partial charge in [0.05, 0.1) is 11.0 Å². The summed E-state index contributed by atoms with van der Waals surface area (Å²) in [6, 6.07) is 5.10. The number of nitro benzene ring substituents is 1. The van der Waals surface area contributed by atoms with Crippen LogP contribution in [0.3, 0.4) is 0 Å². The van der Waals surface area contributed by atoms with Gasteiger partial charge in [0.2, 0.25) is 0 Å². The largest absolute Gasteiger partial charge is 0.484 e. The van der Waals surface area contributed by atoms with Gasteiger partial charge in [-0.3, -0.25) is 10.1 Å². The lowest BCUT2D eigenvalue weighted by Gasteiger charge is -2.25. The standard InChI is InChI=1S/C15H22BrNO3/c1-10(2)20-13-8-11(6-7-12(13)17(18)19)9-14(16)15(3,4)5/h6-8,10,14H,9H2,1-5H3. The minimum atomic E-state index is -0.406. The quantitative estimate of drug-likeness (QED) is 0.441. The topological polar surface area (TPSA) is 52.4 Å². The molecule has 0 spiro atoms. The molecule has 112 valence electrons. The highest BCUT2D eigenvalue weighted by Gasteiger charge is 2.23. The lowest BCUT2D eigenvalue weighted by molar-refractivity contribution is -0.386. The Balaban J connectivity index is 3.03. The third-order valence-electron chi connectivity index (χ3n) is 2.94. The van der Waals surface area contributed by atoms with Crippen molar-refractivity contribution in [2.75, 3.05) is 0 Å². The van der Waals surface area contributed by atoms with Gasteiger partial charge in [-0.15, -0.1) is 0 Å². The second-order valence-electron chi connectivity index (χ2n) is 6.26. The van der Waals surface area contributed by atoms with E-state index in [1.165, 1.54) is 6.07 Å². The summed E-state index contributed by atoms with van der Waals surface area (Å²) in [6.07, 6.45) is 0.710. The van der Waals surface area contributed by atoms with Crippen LogP contribution >= 0.6 is 15.9 Å². The number of benzene rings is 1. The van der Waals surface area contributed by atoms with E-state index in [4.69, 9.17) is 4.74 Å². The number of hydrogen-bond acceptors (Lipinski definition) is 3. The van der Waals surface area contributed by atoms with Crippen LogP contribution in [0.1, 0.15) is 40.2 Å². The Hall–Kier alpha value is -1.10. The first-order chi connectivity index (χ1) is 9.11. The predicted molar refractivity (Wildman–Crippen MR) is 84.7 cm³/mol. The summed E-state index contributed by atoms with van der Waals surface area (Å²) in [4.78, 5) is 10.9. The van der Waals surface area contributed by atoms with Gasteiger partial charge in [0, 0.05) is 10.9 Å². The molecule has 1 aromatic rings. The summed E-state index contributed by atoms with van der Waals surface area (Å²) in [5.74, 6) is 0.344. The fraction of sp³-hybridized carbons (Fsp3) is 0.600. The van der Waals surface area contributed by atoms with E-state index < -0.39 is 4.92 Å². The molecule has 0 aliphatic rings. The van der Waals surface area contributed by atoms with Crippen LogP contribution in [0.2, 0.25) is 0 Å². The maximum Gasteiger partial charge on any atom is 0.310 e. The molecule has 0 amide bonds. The number of nitro groups is 1. The highest BCUT2D eigenvalue weighted by atomic mass is 79.9. The molecule has 0 aliphatic heterocycles. The smallest absolute Gasteiger partial charge is 0.310 e. The number of nitrogens with zero attached hydrogens (tertiary/aromatic N) is 1. The Morgan fingerprint density at radius 1 is 1.35 bits per heavy atom. The summed E-state index contributed by atoms with van der Waals surface area (Å²) in [5, 5.41) is 11.0. The van der Waals surface area contributed by atoms with E-state index in [0.29, 0.717) is 10.6 Å². The molecule has 0 N–H and O–H groups in total. The zero-order chi connectivity index (χ0) is 15.5.